The Hall–Kier alpha value is -3.15. The summed E-state index contributed by atoms with van der Waals surface area (Å²) in [6.45, 7) is 5.76. The van der Waals surface area contributed by atoms with Crippen LogP contribution in [-0.2, 0) is 20.7 Å². The highest BCUT2D eigenvalue weighted by molar-refractivity contribution is 5.98. The predicted octanol–water partition coefficient (Wildman–Crippen LogP) is 3.41. The van der Waals surface area contributed by atoms with Crippen LogP contribution in [0, 0.1) is 0 Å². The Morgan fingerprint density at radius 3 is 2.48 bits per heavy atom. The number of fused-ring (bicyclic) bond motifs is 1. The number of carbonyl (C=O) groups is 3. The minimum absolute atomic E-state index is 0.00578. The summed E-state index contributed by atoms with van der Waals surface area (Å²) < 4.78 is 5.26. The van der Waals surface area contributed by atoms with Gasteiger partial charge in [-0.25, -0.2) is 0 Å². The molecular weight excluding hydrogens is 368 g/mol. The topological polar surface area (TPSA) is 75.7 Å². The van der Waals surface area contributed by atoms with Gasteiger partial charge in [-0.05, 0) is 49.6 Å². The summed E-state index contributed by atoms with van der Waals surface area (Å²) in [7, 11) is 0. The normalized spacial score (nSPS) is 13.7. The molecule has 1 aliphatic heterocycles. The summed E-state index contributed by atoms with van der Waals surface area (Å²) in [6.07, 6.45) is 0.561. The van der Waals surface area contributed by atoms with Crippen LogP contribution in [0.5, 0.6) is 0 Å². The number of anilines is 1. The first kappa shape index (κ1) is 20.6. The van der Waals surface area contributed by atoms with E-state index in [1.807, 2.05) is 42.5 Å². The van der Waals surface area contributed by atoms with E-state index in [4.69, 9.17) is 4.74 Å². The number of nitrogens with zero attached hydrogens (tertiary/aromatic N) is 1. The molecule has 0 saturated carbocycles. The van der Waals surface area contributed by atoms with Gasteiger partial charge in [0.1, 0.15) is 0 Å². The van der Waals surface area contributed by atoms with E-state index in [9.17, 15) is 14.4 Å². The van der Waals surface area contributed by atoms with Crippen molar-refractivity contribution in [2.45, 2.75) is 45.8 Å². The van der Waals surface area contributed by atoms with Gasteiger partial charge in [0.05, 0.1) is 18.6 Å². The van der Waals surface area contributed by atoms with Gasteiger partial charge in [0, 0.05) is 24.7 Å². The molecule has 0 aliphatic carbocycles. The second kappa shape index (κ2) is 8.90. The molecule has 0 saturated heterocycles. The highest BCUT2D eigenvalue weighted by atomic mass is 16.5. The fraction of sp³-hybridized carbons (Fsp3) is 0.348. The fourth-order valence-corrected chi connectivity index (χ4v) is 3.53. The molecule has 3 rings (SSSR count). The van der Waals surface area contributed by atoms with Gasteiger partial charge < -0.3 is 15.0 Å². The molecule has 152 valence electrons. The maximum Gasteiger partial charge on any atom is 0.308 e. The number of benzene rings is 2. The molecule has 1 atom stereocenters. The average molecular weight is 394 g/mol. The third-order valence-corrected chi connectivity index (χ3v) is 4.86. The van der Waals surface area contributed by atoms with Crippen LogP contribution in [-0.4, -0.2) is 30.4 Å². The van der Waals surface area contributed by atoms with Crippen LogP contribution in [0.25, 0.3) is 0 Å². The lowest BCUT2D eigenvalue weighted by atomic mass is 10.0. The molecule has 2 aromatic rings. The van der Waals surface area contributed by atoms with E-state index in [1.54, 1.807) is 24.8 Å². The number of rotatable bonds is 6. The van der Waals surface area contributed by atoms with E-state index >= 15 is 0 Å². The highest BCUT2D eigenvalue weighted by Gasteiger charge is 2.25. The minimum atomic E-state index is -0.489. The Morgan fingerprint density at radius 2 is 1.83 bits per heavy atom. The number of nitrogens with one attached hydrogen (secondary N) is 1. The van der Waals surface area contributed by atoms with Crippen LogP contribution in [0.2, 0.25) is 0 Å². The van der Waals surface area contributed by atoms with Crippen LogP contribution < -0.4 is 10.2 Å². The summed E-state index contributed by atoms with van der Waals surface area (Å²) in [5.74, 6) is -0.630. The van der Waals surface area contributed by atoms with Crippen molar-refractivity contribution in [3.8, 4) is 0 Å². The zero-order chi connectivity index (χ0) is 21.0. The van der Waals surface area contributed by atoms with Gasteiger partial charge in [-0.3, -0.25) is 14.4 Å². The monoisotopic (exact) mass is 394 g/mol. The number of ether oxygens (including phenoxy) is 1. The first-order valence-electron chi connectivity index (χ1n) is 9.81. The van der Waals surface area contributed by atoms with Crippen LogP contribution >= 0.6 is 0 Å². The summed E-state index contributed by atoms with van der Waals surface area (Å²) in [4.78, 5) is 38.5. The van der Waals surface area contributed by atoms with Crippen molar-refractivity contribution >= 4 is 23.5 Å². The van der Waals surface area contributed by atoms with Gasteiger partial charge in [0.25, 0.3) is 5.91 Å². The van der Waals surface area contributed by atoms with E-state index < -0.39 is 6.04 Å². The molecule has 2 amide bonds. The molecule has 0 radical (unpaired) electrons. The lowest BCUT2D eigenvalue weighted by Gasteiger charge is -2.20. The molecule has 29 heavy (non-hydrogen) atoms. The molecule has 6 nitrogen and oxygen atoms in total. The molecular formula is C23H26N2O4. The van der Waals surface area contributed by atoms with Gasteiger partial charge in [-0.1, -0.05) is 30.3 Å². The van der Waals surface area contributed by atoms with Crippen molar-refractivity contribution in [3.05, 3.63) is 65.2 Å². The van der Waals surface area contributed by atoms with Crippen molar-refractivity contribution in [2.75, 3.05) is 11.4 Å². The SMILES string of the molecule is CC(=O)N1CCc2cc(C(=O)NC(CC(=O)OC(C)C)c3ccccc3)ccc21. The second-order valence-electron chi connectivity index (χ2n) is 7.44. The van der Waals surface area contributed by atoms with Crippen LogP contribution in [0.3, 0.4) is 0 Å². The van der Waals surface area contributed by atoms with Crippen LogP contribution in [0.4, 0.5) is 5.69 Å². The highest BCUT2D eigenvalue weighted by Crippen LogP contribution is 2.29. The number of hydrogen-bond donors (Lipinski definition) is 1. The van der Waals surface area contributed by atoms with Crippen molar-refractivity contribution in [3.63, 3.8) is 0 Å². The minimum Gasteiger partial charge on any atom is -0.463 e. The molecule has 6 heteroatoms. The first-order valence-corrected chi connectivity index (χ1v) is 9.81. The van der Waals surface area contributed by atoms with Crippen molar-refractivity contribution in [1.29, 1.82) is 0 Å². The Bertz CT molecular complexity index is 908. The van der Waals surface area contributed by atoms with Gasteiger partial charge in [0.15, 0.2) is 0 Å². The number of amides is 2. The van der Waals surface area contributed by atoms with Crippen molar-refractivity contribution in [1.82, 2.24) is 5.32 Å². The van der Waals surface area contributed by atoms with E-state index in [-0.39, 0.29) is 30.3 Å². The molecule has 1 unspecified atom stereocenters. The molecule has 0 aromatic heterocycles. The smallest absolute Gasteiger partial charge is 0.308 e. The van der Waals surface area contributed by atoms with E-state index in [0.717, 1.165) is 23.2 Å². The van der Waals surface area contributed by atoms with Gasteiger partial charge in [-0.2, -0.15) is 0 Å². The third-order valence-electron chi connectivity index (χ3n) is 4.86. The predicted molar refractivity (Wildman–Crippen MR) is 111 cm³/mol. The fourth-order valence-electron chi connectivity index (χ4n) is 3.53. The molecule has 0 spiro atoms. The van der Waals surface area contributed by atoms with Crippen molar-refractivity contribution < 1.29 is 19.1 Å². The number of carbonyl (C=O) groups excluding carboxylic acids is 3. The van der Waals surface area contributed by atoms with E-state index in [1.165, 1.54) is 6.92 Å². The Kier molecular flexibility index (Phi) is 6.32. The van der Waals surface area contributed by atoms with Gasteiger partial charge >= 0.3 is 5.97 Å². The third kappa shape index (κ3) is 5.02. The maximum atomic E-state index is 12.9. The molecule has 1 aliphatic rings. The van der Waals surface area contributed by atoms with E-state index in [0.29, 0.717) is 12.1 Å². The van der Waals surface area contributed by atoms with Crippen LogP contribution in [0.15, 0.2) is 48.5 Å². The quantitative estimate of drug-likeness (QED) is 0.762. The Morgan fingerprint density at radius 1 is 1.10 bits per heavy atom. The first-order chi connectivity index (χ1) is 13.8. The standard InChI is InChI=1S/C23H26N2O4/c1-15(2)29-22(27)14-20(17-7-5-4-6-8-17)24-23(28)19-9-10-21-18(13-19)11-12-25(21)16(3)26/h4-10,13,15,20H,11-12,14H2,1-3H3,(H,24,28). The van der Waals surface area contributed by atoms with Gasteiger partial charge in [0.2, 0.25) is 5.91 Å². The van der Waals surface area contributed by atoms with E-state index in [2.05, 4.69) is 5.32 Å². The maximum absolute atomic E-state index is 12.9. The summed E-state index contributed by atoms with van der Waals surface area (Å²) in [6, 6.07) is 14.2. The van der Waals surface area contributed by atoms with Crippen molar-refractivity contribution in [2.24, 2.45) is 0 Å². The summed E-state index contributed by atoms with van der Waals surface area (Å²) in [5.41, 5.74) is 3.18. The lowest BCUT2D eigenvalue weighted by molar-refractivity contribution is -0.148. The largest absolute Gasteiger partial charge is 0.463 e. The lowest BCUT2D eigenvalue weighted by Crippen LogP contribution is -2.31. The van der Waals surface area contributed by atoms with Crippen LogP contribution in [0.1, 0.15) is 54.7 Å². The summed E-state index contributed by atoms with van der Waals surface area (Å²) in [5, 5.41) is 2.96. The molecule has 0 bridgehead atoms. The molecule has 1 N–H and O–H groups in total. The average Bonchev–Trinajstić information content (AvgIpc) is 3.11. The Labute approximate surface area is 170 Å². The zero-order valence-electron chi connectivity index (χ0n) is 17.0. The Balaban J connectivity index is 1.78. The zero-order valence-corrected chi connectivity index (χ0v) is 17.0. The number of hydrogen-bond acceptors (Lipinski definition) is 4. The van der Waals surface area contributed by atoms with Gasteiger partial charge in [-0.15, -0.1) is 0 Å². The second-order valence-corrected chi connectivity index (χ2v) is 7.44. The molecule has 0 fully saturated rings. The molecule has 2 aromatic carbocycles. The summed E-state index contributed by atoms with van der Waals surface area (Å²) >= 11 is 0. The molecule has 1 heterocycles. The number of esters is 1.